The van der Waals surface area contributed by atoms with E-state index in [0.29, 0.717) is 34.2 Å². The van der Waals surface area contributed by atoms with Crippen LogP contribution in [0.4, 0.5) is 25.8 Å². The van der Waals surface area contributed by atoms with Gasteiger partial charge >= 0.3 is 30.2 Å². The Hall–Kier alpha value is -8.87. The Labute approximate surface area is 561 Å². The molecule has 0 spiro atoms. The van der Waals surface area contributed by atoms with Crippen LogP contribution < -0.4 is 42.0 Å². The van der Waals surface area contributed by atoms with E-state index in [9.17, 15) is 62.6 Å². The lowest BCUT2D eigenvalue weighted by Gasteiger charge is -2.42. The fourth-order valence-corrected chi connectivity index (χ4v) is 11.4. The van der Waals surface area contributed by atoms with Gasteiger partial charge in [-0.15, -0.1) is 5.06 Å². The van der Waals surface area contributed by atoms with Crippen LogP contribution in [0.1, 0.15) is 123 Å². The van der Waals surface area contributed by atoms with Crippen LogP contribution in [-0.2, 0) is 84.7 Å². The van der Waals surface area contributed by atoms with Crippen LogP contribution in [0.25, 0.3) is 0 Å². The molecule has 526 valence electrons. The third kappa shape index (κ3) is 20.6. The first-order chi connectivity index (χ1) is 45.3. The Balaban J connectivity index is 1.03. The highest BCUT2D eigenvalue weighted by Gasteiger charge is 2.64. The number of primary amides is 1. The number of esters is 1. The number of amides is 11. The van der Waals surface area contributed by atoms with E-state index in [4.69, 9.17) is 50.6 Å². The number of aliphatic hydroxyl groups is 1. The summed E-state index contributed by atoms with van der Waals surface area (Å²) in [4.78, 5) is 165. The van der Waals surface area contributed by atoms with Gasteiger partial charge in [-0.1, -0.05) is 68.3 Å². The van der Waals surface area contributed by atoms with E-state index in [-0.39, 0.29) is 88.9 Å². The minimum absolute atomic E-state index is 0.0434. The van der Waals surface area contributed by atoms with Crippen molar-refractivity contribution in [1.82, 2.24) is 36.1 Å². The first kappa shape index (κ1) is 76.2. The second kappa shape index (κ2) is 34.2. The topological polar surface area (TPSA) is 392 Å². The molecular weight excluding hydrogens is 1280 g/mol. The van der Waals surface area contributed by atoms with Crippen LogP contribution in [0.5, 0.6) is 5.75 Å². The predicted octanol–water partition coefficient (Wildman–Crippen LogP) is 4.35. The number of hydrogen-bond donors (Lipinski definition) is 7. The number of allylic oxidation sites excluding steroid dienone is 3. The summed E-state index contributed by atoms with van der Waals surface area (Å²) in [7, 11) is 7.16. The monoisotopic (exact) mass is 1360 g/mol. The van der Waals surface area contributed by atoms with Crippen molar-refractivity contribution in [2.24, 2.45) is 17.6 Å². The quantitative estimate of drug-likeness (QED) is 0.0226. The Morgan fingerprint density at radius 1 is 0.917 bits per heavy atom. The minimum atomic E-state index is -1.92. The van der Waals surface area contributed by atoms with Crippen molar-refractivity contribution in [1.29, 1.82) is 0 Å². The fourth-order valence-electron chi connectivity index (χ4n) is 11.1. The fraction of sp³-hybridized carbons (Fsp3) is 0.569. The van der Waals surface area contributed by atoms with E-state index in [1.165, 1.54) is 64.2 Å². The number of benzene rings is 2. The van der Waals surface area contributed by atoms with Crippen LogP contribution in [0, 0.1) is 11.8 Å². The molecule has 96 heavy (non-hydrogen) atoms. The number of hydroxylamine groups is 2. The number of nitrogens with two attached hydrogens (primary N) is 1. The summed E-state index contributed by atoms with van der Waals surface area (Å²) in [5, 5.41) is 25.6. The van der Waals surface area contributed by atoms with Gasteiger partial charge in [0.25, 0.3) is 11.8 Å². The van der Waals surface area contributed by atoms with Crippen molar-refractivity contribution in [3.8, 4) is 5.75 Å². The summed E-state index contributed by atoms with van der Waals surface area (Å²) in [6, 6.07) is 5.47. The van der Waals surface area contributed by atoms with E-state index in [0.717, 1.165) is 16.0 Å². The number of anilines is 2. The van der Waals surface area contributed by atoms with Crippen molar-refractivity contribution in [2.75, 3.05) is 58.7 Å². The highest BCUT2D eigenvalue weighted by atomic mass is 35.5. The van der Waals surface area contributed by atoms with Crippen molar-refractivity contribution < 1.29 is 95.9 Å². The zero-order valence-electron chi connectivity index (χ0n) is 55.9. The molecule has 6 rings (SSSR count). The van der Waals surface area contributed by atoms with Gasteiger partial charge in [-0.3, -0.25) is 38.9 Å². The number of carbonyl (C=O) groups excluding carboxylic acids is 12. The molecule has 8 N–H and O–H groups in total. The third-order valence-electron chi connectivity index (χ3n) is 17.2. The first-order valence-electron chi connectivity index (χ1n) is 31.6. The Bertz CT molecular complexity index is 3280. The molecule has 30 nitrogen and oxygen atoms in total. The van der Waals surface area contributed by atoms with Crippen molar-refractivity contribution in [3.05, 3.63) is 76.3 Å². The van der Waals surface area contributed by atoms with Gasteiger partial charge in [0, 0.05) is 91.5 Å². The zero-order valence-corrected chi connectivity index (χ0v) is 56.7. The maximum Gasteiger partial charge on any atom is 0.409 e. The van der Waals surface area contributed by atoms with E-state index >= 15 is 0 Å². The molecule has 0 saturated carbocycles. The number of halogens is 1. The van der Waals surface area contributed by atoms with E-state index in [1.54, 1.807) is 64.1 Å². The van der Waals surface area contributed by atoms with Crippen LogP contribution >= 0.6 is 11.6 Å². The molecular formula is C65H89ClN10O20. The number of nitrogens with zero attached hydrogens (tertiary/aromatic N) is 4. The van der Waals surface area contributed by atoms with E-state index in [2.05, 4.69) is 26.6 Å². The molecule has 4 aliphatic rings. The van der Waals surface area contributed by atoms with E-state index in [1.807, 2.05) is 13.0 Å². The van der Waals surface area contributed by atoms with Gasteiger partial charge in [0.15, 0.2) is 5.72 Å². The molecule has 2 aromatic rings. The zero-order chi connectivity index (χ0) is 70.9. The van der Waals surface area contributed by atoms with Crippen LogP contribution in [0.15, 0.2) is 60.2 Å². The maximum atomic E-state index is 14.5. The summed E-state index contributed by atoms with van der Waals surface area (Å²) in [6.07, 6.45) is -0.737. The van der Waals surface area contributed by atoms with Gasteiger partial charge in [-0.25, -0.2) is 24.0 Å². The number of carbonyl (C=O) groups is 12. The number of nitrogens with one attached hydrogen (secondary N) is 5. The minimum Gasteiger partial charge on any atom is -0.495 e. The number of unbranched alkanes of at least 4 members (excludes halogenated alkanes) is 1. The van der Waals surface area contributed by atoms with Crippen molar-refractivity contribution in [2.45, 2.75) is 179 Å². The average Bonchev–Trinajstić information content (AvgIpc) is 1.57. The van der Waals surface area contributed by atoms with Gasteiger partial charge in [-0.05, 0) is 94.2 Å². The van der Waals surface area contributed by atoms with E-state index < -0.39 is 144 Å². The molecule has 31 heteroatoms. The Morgan fingerprint density at radius 2 is 1.59 bits per heavy atom. The van der Waals surface area contributed by atoms with Gasteiger partial charge in [0.05, 0.1) is 25.3 Å². The highest BCUT2D eigenvalue weighted by molar-refractivity contribution is 6.35. The molecule has 2 aromatic carbocycles. The number of imide groups is 1. The number of likely N-dealkylation sites (N-methyl/N-ethyl adjacent to an activating group) is 1. The van der Waals surface area contributed by atoms with Gasteiger partial charge < -0.3 is 80.1 Å². The van der Waals surface area contributed by atoms with Gasteiger partial charge in [-0.2, -0.15) is 0 Å². The van der Waals surface area contributed by atoms with Crippen LogP contribution in [-0.4, -0.2) is 194 Å². The summed E-state index contributed by atoms with van der Waals surface area (Å²) in [6.45, 7) is 9.83. The molecule has 3 fully saturated rings. The molecule has 4 heterocycles. The number of ether oxygens (including phenoxy) is 6. The number of hydrogen-bond acceptors (Lipinski definition) is 20. The molecule has 4 bridgehead atoms. The largest absolute Gasteiger partial charge is 0.495 e. The normalized spacial score (nSPS) is 23.6. The molecule has 0 unspecified atom stereocenters. The Morgan fingerprint density at radius 3 is 2.24 bits per heavy atom. The first-order valence-corrected chi connectivity index (χ1v) is 32.0. The molecule has 0 aliphatic carbocycles. The standard InChI is InChI=1S/C65H89ClN10O20/c1-36(2)56(71-49(77)19-12-13-20-54(82)96-76-51(79)25-26-52(76)80)59(84)70-43(17-15-28-68-61(67)86)58(83)69-42-23-21-40(22-24-42)35-92-63(88)73(7)29-27-50(78)74(8)39(5)60(85)94-48-33-53(81)75(9)44-31-41(32-45(90-10)55(44)66)30-37(3)16-14-18-47(91-11)65(89)34-46(93-62(87)72-65)38(4)57-64(48,6)95-57/h14,16,18,21-24,31-32,36,38-39,43,46-48,56-57,89H,12-13,15,17,19-20,25-30,33-35H2,1-11H3,(H,69,83)(H,70,84)(H,71,77)(H,72,87)(H3,67,68,86)/b18-14+,37-16+/t38-,39+,43+,46+,47-,48+,56+,57+,64+,65+/m1/s1. The lowest BCUT2D eigenvalue weighted by Crippen LogP contribution is -2.63. The van der Waals surface area contributed by atoms with Crippen molar-refractivity contribution in [3.63, 3.8) is 0 Å². The van der Waals surface area contributed by atoms with Crippen molar-refractivity contribution >= 4 is 94.5 Å². The molecule has 11 amide bonds. The summed E-state index contributed by atoms with van der Waals surface area (Å²) in [5.41, 5.74) is 4.66. The summed E-state index contributed by atoms with van der Waals surface area (Å²) >= 11 is 6.83. The maximum absolute atomic E-state index is 14.5. The van der Waals surface area contributed by atoms with Gasteiger partial charge in [0.2, 0.25) is 29.5 Å². The molecule has 10 atom stereocenters. The lowest BCUT2D eigenvalue weighted by atomic mass is 9.83. The van der Waals surface area contributed by atoms with Crippen LogP contribution in [0.2, 0.25) is 5.02 Å². The number of rotatable bonds is 26. The average molecular weight is 1370 g/mol. The molecule has 4 aliphatic heterocycles. The predicted molar refractivity (Wildman–Crippen MR) is 345 cm³/mol. The van der Waals surface area contributed by atoms with Gasteiger partial charge in [0.1, 0.15) is 59.4 Å². The second-order valence-electron chi connectivity index (χ2n) is 24.9. The molecule has 0 aromatic heterocycles. The second-order valence-corrected chi connectivity index (χ2v) is 25.2. The Kier molecular flexibility index (Phi) is 27.1. The number of methoxy groups -OCH3 is 2. The third-order valence-corrected chi connectivity index (χ3v) is 17.6. The van der Waals surface area contributed by atoms with Crippen LogP contribution in [0.3, 0.4) is 0 Å². The number of fused-ring (bicyclic) bond motifs is 5. The smallest absolute Gasteiger partial charge is 0.409 e. The lowest BCUT2D eigenvalue weighted by molar-refractivity contribution is -0.197. The number of epoxide rings is 1. The molecule has 0 radical (unpaired) electrons. The summed E-state index contributed by atoms with van der Waals surface area (Å²) < 4.78 is 35.0. The molecule has 3 saturated heterocycles. The summed E-state index contributed by atoms with van der Waals surface area (Å²) in [5.74, 6) is -6.59. The number of alkyl carbamates (subject to hydrolysis) is 1. The number of urea groups is 1. The highest BCUT2D eigenvalue weighted by Crippen LogP contribution is 2.49. The SMILES string of the molecule is COc1cc2cc(c1Cl)N(C)C(=O)C[C@H](OC(=O)[C@H](C)N(C)C(=O)CCN(C)C(=O)OCc1ccc(NC(=O)[C@H](CCCNC(N)=O)NC(=O)[C@@H](NC(=O)CCCCC(=O)ON3C(=O)CCC3=O)C(C)C)cc1)[C@]1(C)O[C@H]1[C@H](C)[C@@H]1C[C@@](O)(NC(=O)O1)[C@H](OC)/C=C/C=C(\C)C2.